The van der Waals surface area contributed by atoms with E-state index < -0.39 is 5.97 Å². The van der Waals surface area contributed by atoms with Crippen LogP contribution in [0.4, 0.5) is 0 Å². The van der Waals surface area contributed by atoms with Crippen molar-refractivity contribution in [3.63, 3.8) is 0 Å². The Morgan fingerprint density at radius 3 is 2.22 bits per heavy atom. The smallest absolute Gasteiger partial charge is 0.342 e. The second kappa shape index (κ2) is 6.35. The van der Waals surface area contributed by atoms with Crippen LogP contribution < -0.4 is 14.2 Å². The largest absolute Gasteiger partial charge is 0.494 e. The molecule has 0 spiro atoms. The zero-order valence-electron chi connectivity index (χ0n) is 10.7. The maximum atomic E-state index is 11.8. The summed E-state index contributed by atoms with van der Waals surface area (Å²) in [5, 5.41) is 0.169. The van der Waals surface area contributed by atoms with Crippen LogP contribution in [0.5, 0.6) is 17.2 Å². The second-order valence-electron chi connectivity index (χ2n) is 3.23. The van der Waals surface area contributed by atoms with Gasteiger partial charge in [0, 0.05) is 6.07 Å². The third-order valence-corrected chi connectivity index (χ3v) is 2.61. The normalized spacial score (nSPS) is 9.83. The van der Waals surface area contributed by atoms with Crippen LogP contribution in [0.15, 0.2) is 6.07 Å². The first-order valence-electron chi connectivity index (χ1n) is 5.26. The standard InChI is InChI=1S/C12H15ClO5/c1-5-18-12(14)7-6-8(15-2)11(17-4)9(13)10(7)16-3/h6H,5H2,1-4H3. The van der Waals surface area contributed by atoms with Gasteiger partial charge in [0.25, 0.3) is 0 Å². The van der Waals surface area contributed by atoms with E-state index in [0.29, 0.717) is 11.5 Å². The van der Waals surface area contributed by atoms with Crippen LogP contribution in [0.2, 0.25) is 5.02 Å². The maximum absolute atomic E-state index is 11.8. The quantitative estimate of drug-likeness (QED) is 0.773. The van der Waals surface area contributed by atoms with Gasteiger partial charge in [-0.2, -0.15) is 0 Å². The van der Waals surface area contributed by atoms with Gasteiger partial charge >= 0.3 is 5.97 Å². The minimum Gasteiger partial charge on any atom is -0.494 e. The number of hydrogen-bond donors (Lipinski definition) is 0. The summed E-state index contributed by atoms with van der Waals surface area (Å²) in [6.07, 6.45) is 0. The molecule has 0 radical (unpaired) electrons. The highest BCUT2D eigenvalue weighted by Gasteiger charge is 2.23. The molecule has 0 aliphatic rings. The van der Waals surface area contributed by atoms with Crippen molar-refractivity contribution in [2.75, 3.05) is 27.9 Å². The van der Waals surface area contributed by atoms with E-state index in [1.807, 2.05) is 0 Å². The number of carbonyl (C=O) groups excluding carboxylic acids is 1. The van der Waals surface area contributed by atoms with Gasteiger partial charge in [-0.1, -0.05) is 11.6 Å². The number of rotatable bonds is 5. The molecule has 1 rings (SSSR count). The van der Waals surface area contributed by atoms with Gasteiger partial charge in [0.1, 0.15) is 10.6 Å². The van der Waals surface area contributed by atoms with Crippen LogP contribution in [-0.2, 0) is 4.74 Å². The number of carbonyl (C=O) groups is 1. The third-order valence-electron chi connectivity index (χ3n) is 2.27. The van der Waals surface area contributed by atoms with E-state index in [2.05, 4.69) is 0 Å². The molecule has 0 aromatic heterocycles. The zero-order valence-corrected chi connectivity index (χ0v) is 11.5. The Hall–Kier alpha value is -1.62. The van der Waals surface area contributed by atoms with Gasteiger partial charge in [-0.3, -0.25) is 0 Å². The van der Waals surface area contributed by atoms with E-state index in [-0.39, 0.29) is 22.9 Å². The molecule has 5 nitrogen and oxygen atoms in total. The third kappa shape index (κ3) is 2.61. The molecular formula is C12H15ClO5. The van der Waals surface area contributed by atoms with E-state index in [4.69, 9.17) is 30.5 Å². The van der Waals surface area contributed by atoms with E-state index in [0.717, 1.165) is 0 Å². The van der Waals surface area contributed by atoms with E-state index in [9.17, 15) is 4.79 Å². The molecule has 0 amide bonds. The molecule has 0 heterocycles. The summed E-state index contributed by atoms with van der Waals surface area (Å²) < 4.78 is 20.3. The molecule has 0 atom stereocenters. The van der Waals surface area contributed by atoms with Crippen LogP contribution in [0.1, 0.15) is 17.3 Å². The Kier molecular flexibility index (Phi) is 5.09. The lowest BCUT2D eigenvalue weighted by molar-refractivity contribution is 0.0522. The van der Waals surface area contributed by atoms with Crippen molar-refractivity contribution in [2.24, 2.45) is 0 Å². The fourth-order valence-corrected chi connectivity index (χ4v) is 1.84. The molecule has 100 valence electrons. The molecule has 6 heteroatoms. The average Bonchev–Trinajstić information content (AvgIpc) is 2.37. The Balaban J connectivity index is 3.42. The second-order valence-corrected chi connectivity index (χ2v) is 3.61. The Bertz CT molecular complexity index is 445. The molecular weight excluding hydrogens is 260 g/mol. The van der Waals surface area contributed by atoms with E-state index in [1.54, 1.807) is 6.92 Å². The first-order valence-corrected chi connectivity index (χ1v) is 5.64. The molecule has 1 aromatic rings. The van der Waals surface area contributed by atoms with Crippen LogP contribution in [0, 0.1) is 0 Å². The van der Waals surface area contributed by atoms with Crippen LogP contribution >= 0.6 is 11.6 Å². The van der Waals surface area contributed by atoms with Crippen LogP contribution in [0.25, 0.3) is 0 Å². The summed E-state index contributed by atoms with van der Waals surface area (Å²) >= 11 is 6.10. The molecule has 0 bridgehead atoms. The van der Waals surface area contributed by atoms with E-state index >= 15 is 0 Å². The van der Waals surface area contributed by atoms with Crippen molar-refractivity contribution in [3.05, 3.63) is 16.7 Å². The van der Waals surface area contributed by atoms with Gasteiger partial charge in [-0.15, -0.1) is 0 Å². The topological polar surface area (TPSA) is 54.0 Å². The molecule has 0 aliphatic carbocycles. The Labute approximate surface area is 111 Å². The fourth-order valence-electron chi connectivity index (χ4n) is 1.49. The van der Waals surface area contributed by atoms with Crippen molar-refractivity contribution >= 4 is 17.6 Å². The summed E-state index contributed by atoms with van der Waals surface area (Å²) in [7, 11) is 4.32. The van der Waals surface area contributed by atoms with Crippen molar-refractivity contribution in [1.82, 2.24) is 0 Å². The highest BCUT2D eigenvalue weighted by atomic mass is 35.5. The summed E-state index contributed by atoms with van der Waals surface area (Å²) in [6.45, 7) is 1.97. The number of methoxy groups -OCH3 is 3. The molecule has 0 saturated carbocycles. The highest BCUT2D eigenvalue weighted by molar-refractivity contribution is 6.34. The number of benzene rings is 1. The monoisotopic (exact) mass is 274 g/mol. The average molecular weight is 275 g/mol. The van der Waals surface area contributed by atoms with Crippen LogP contribution in [-0.4, -0.2) is 33.9 Å². The van der Waals surface area contributed by atoms with Crippen molar-refractivity contribution in [3.8, 4) is 17.2 Å². The number of hydrogen-bond acceptors (Lipinski definition) is 5. The Morgan fingerprint density at radius 1 is 1.17 bits per heavy atom. The summed E-state index contributed by atoms with van der Waals surface area (Å²) in [5.74, 6) is 0.320. The van der Waals surface area contributed by atoms with Crippen LogP contribution in [0.3, 0.4) is 0 Å². The SMILES string of the molecule is CCOC(=O)c1cc(OC)c(OC)c(Cl)c1OC. The van der Waals surface area contributed by atoms with Gasteiger partial charge in [0.05, 0.1) is 27.9 Å². The van der Waals surface area contributed by atoms with Gasteiger partial charge in [0.15, 0.2) is 17.2 Å². The van der Waals surface area contributed by atoms with E-state index in [1.165, 1.54) is 27.4 Å². The van der Waals surface area contributed by atoms with Gasteiger partial charge in [0.2, 0.25) is 0 Å². The van der Waals surface area contributed by atoms with Gasteiger partial charge in [-0.05, 0) is 6.92 Å². The molecule has 0 N–H and O–H groups in total. The predicted octanol–water partition coefficient (Wildman–Crippen LogP) is 2.54. The first kappa shape index (κ1) is 14.4. The number of halogens is 1. The zero-order chi connectivity index (χ0) is 13.7. The van der Waals surface area contributed by atoms with Crippen molar-refractivity contribution in [2.45, 2.75) is 6.92 Å². The molecule has 0 aliphatic heterocycles. The van der Waals surface area contributed by atoms with Gasteiger partial charge < -0.3 is 18.9 Å². The minimum absolute atomic E-state index is 0.169. The summed E-state index contributed by atoms with van der Waals surface area (Å²) in [4.78, 5) is 11.8. The summed E-state index contributed by atoms with van der Waals surface area (Å²) in [6, 6.07) is 1.47. The molecule has 0 unspecified atom stereocenters. The Morgan fingerprint density at radius 2 is 1.78 bits per heavy atom. The fraction of sp³-hybridized carbons (Fsp3) is 0.417. The molecule has 1 aromatic carbocycles. The molecule has 0 fully saturated rings. The minimum atomic E-state index is -0.530. The molecule has 18 heavy (non-hydrogen) atoms. The lowest BCUT2D eigenvalue weighted by atomic mass is 10.1. The van der Waals surface area contributed by atoms with Crippen molar-refractivity contribution < 1.29 is 23.7 Å². The maximum Gasteiger partial charge on any atom is 0.342 e. The molecule has 0 saturated heterocycles. The predicted molar refractivity (Wildman–Crippen MR) is 67.1 cm³/mol. The lowest BCUT2D eigenvalue weighted by Gasteiger charge is -2.15. The summed E-state index contributed by atoms with van der Waals surface area (Å²) in [5.41, 5.74) is 0.196. The van der Waals surface area contributed by atoms with Gasteiger partial charge in [-0.25, -0.2) is 4.79 Å². The number of esters is 1. The highest BCUT2D eigenvalue weighted by Crippen LogP contribution is 2.44. The first-order chi connectivity index (χ1) is 8.60. The lowest BCUT2D eigenvalue weighted by Crippen LogP contribution is -2.08. The number of ether oxygens (including phenoxy) is 4. The van der Waals surface area contributed by atoms with Crippen molar-refractivity contribution in [1.29, 1.82) is 0 Å².